The molecule has 2 atom stereocenters. The van der Waals surface area contributed by atoms with Crippen molar-refractivity contribution < 1.29 is 14.6 Å². The Bertz CT molecular complexity index is 138. The molecule has 3 nitrogen and oxygen atoms in total. The van der Waals surface area contributed by atoms with Crippen LogP contribution in [-0.4, -0.2) is 36.6 Å². The van der Waals surface area contributed by atoms with Crippen molar-refractivity contribution in [3.63, 3.8) is 0 Å². The zero-order chi connectivity index (χ0) is 11.7. The van der Waals surface area contributed by atoms with E-state index in [-0.39, 0.29) is 18.1 Å². The van der Waals surface area contributed by atoms with Gasteiger partial charge in [0.05, 0.1) is 6.10 Å². The van der Waals surface area contributed by atoms with E-state index in [9.17, 15) is 5.11 Å². The van der Waals surface area contributed by atoms with Gasteiger partial charge in [-0.05, 0) is 26.7 Å². The maximum absolute atomic E-state index is 9.50. The van der Waals surface area contributed by atoms with E-state index in [4.69, 9.17) is 21.1 Å². The lowest BCUT2D eigenvalue weighted by Gasteiger charge is -2.27. The SMILES string of the molecule is CCOC(OCC)[C@H](CC)CC(O)CCl. The van der Waals surface area contributed by atoms with E-state index in [1.807, 2.05) is 13.8 Å². The van der Waals surface area contributed by atoms with Crippen LogP contribution < -0.4 is 0 Å². The number of aliphatic hydroxyl groups excluding tert-OH is 1. The van der Waals surface area contributed by atoms with E-state index < -0.39 is 6.10 Å². The monoisotopic (exact) mass is 238 g/mol. The number of ether oxygens (including phenoxy) is 2. The fraction of sp³-hybridized carbons (Fsp3) is 1.00. The van der Waals surface area contributed by atoms with Gasteiger partial charge in [-0.1, -0.05) is 6.92 Å². The number of hydrogen-bond donors (Lipinski definition) is 1. The van der Waals surface area contributed by atoms with Crippen molar-refractivity contribution in [1.82, 2.24) is 0 Å². The molecule has 0 aliphatic rings. The Morgan fingerprint density at radius 1 is 1.13 bits per heavy atom. The highest BCUT2D eigenvalue weighted by Gasteiger charge is 2.23. The molecule has 0 aromatic heterocycles. The number of alkyl halides is 1. The van der Waals surface area contributed by atoms with E-state index in [0.29, 0.717) is 19.6 Å². The molecule has 0 aliphatic carbocycles. The summed E-state index contributed by atoms with van der Waals surface area (Å²) in [5.74, 6) is 0.472. The van der Waals surface area contributed by atoms with Gasteiger partial charge in [0.25, 0.3) is 0 Å². The van der Waals surface area contributed by atoms with Gasteiger partial charge in [0, 0.05) is 25.0 Å². The molecular weight excluding hydrogens is 216 g/mol. The summed E-state index contributed by atoms with van der Waals surface area (Å²) in [6.45, 7) is 7.19. The molecule has 92 valence electrons. The first-order valence-electron chi connectivity index (χ1n) is 5.66. The highest BCUT2D eigenvalue weighted by atomic mass is 35.5. The average molecular weight is 239 g/mol. The van der Waals surface area contributed by atoms with Crippen LogP contribution in [0.3, 0.4) is 0 Å². The fourth-order valence-electron chi connectivity index (χ4n) is 1.53. The lowest BCUT2D eigenvalue weighted by molar-refractivity contribution is -0.172. The Balaban J connectivity index is 4.16. The van der Waals surface area contributed by atoms with Crippen LogP contribution in [-0.2, 0) is 9.47 Å². The van der Waals surface area contributed by atoms with E-state index >= 15 is 0 Å². The highest BCUT2D eigenvalue weighted by molar-refractivity contribution is 6.18. The van der Waals surface area contributed by atoms with Crippen LogP contribution in [0.5, 0.6) is 0 Å². The Hall–Kier alpha value is 0.170. The van der Waals surface area contributed by atoms with Gasteiger partial charge in [-0.2, -0.15) is 0 Å². The van der Waals surface area contributed by atoms with Crippen molar-refractivity contribution in [2.45, 2.75) is 46.0 Å². The van der Waals surface area contributed by atoms with Crippen molar-refractivity contribution in [3.05, 3.63) is 0 Å². The number of rotatable bonds is 9. The molecule has 0 aromatic carbocycles. The second-order valence-electron chi connectivity index (χ2n) is 3.49. The minimum Gasteiger partial charge on any atom is -0.392 e. The predicted octanol–water partition coefficient (Wildman–Crippen LogP) is 2.40. The van der Waals surface area contributed by atoms with Crippen molar-refractivity contribution >= 4 is 11.6 Å². The lowest BCUT2D eigenvalue weighted by Crippen LogP contribution is -2.30. The minimum absolute atomic E-state index is 0.207. The van der Waals surface area contributed by atoms with Crippen LogP contribution in [0.4, 0.5) is 0 Å². The van der Waals surface area contributed by atoms with Crippen LogP contribution in [0, 0.1) is 5.92 Å². The molecule has 15 heavy (non-hydrogen) atoms. The smallest absolute Gasteiger partial charge is 0.160 e. The maximum Gasteiger partial charge on any atom is 0.160 e. The average Bonchev–Trinajstić information content (AvgIpc) is 2.25. The van der Waals surface area contributed by atoms with Crippen LogP contribution in [0.1, 0.15) is 33.6 Å². The first-order chi connectivity index (χ1) is 7.19. The zero-order valence-corrected chi connectivity index (χ0v) is 10.7. The second kappa shape index (κ2) is 9.40. The topological polar surface area (TPSA) is 38.7 Å². The molecule has 0 bridgehead atoms. The largest absolute Gasteiger partial charge is 0.392 e. The van der Waals surface area contributed by atoms with Gasteiger partial charge in [-0.25, -0.2) is 0 Å². The van der Waals surface area contributed by atoms with Gasteiger partial charge >= 0.3 is 0 Å². The molecule has 0 radical (unpaired) electrons. The van der Waals surface area contributed by atoms with E-state index in [1.54, 1.807) is 0 Å². The summed E-state index contributed by atoms with van der Waals surface area (Å²) >= 11 is 5.58. The van der Waals surface area contributed by atoms with Gasteiger partial charge in [-0.3, -0.25) is 0 Å². The van der Waals surface area contributed by atoms with Crippen molar-refractivity contribution in [3.8, 4) is 0 Å². The highest BCUT2D eigenvalue weighted by Crippen LogP contribution is 2.20. The standard InChI is InChI=1S/C11H23ClO3/c1-4-9(7-10(13)8-12)11(14-5-2)15-6-3/h9-11,13H,4-8H2,1-3H3/t9-,10?/m1/s1. The molecule has 0 heterocycles. The molecular formula is C11H23ClO3. The second-order valence-corrected chi connectivity index (χ2v) is 3.80. The Morgan fingerprint density at radius 2 is 1.67 bits per heavy atom. The molecule has 0 amide bonds. The van der Waals surface area contributed by atoms with E-state index in [1.165, 1.54) is 0 Å². The molecule has 4 heteroatoms. The van der Waals surface area contributed by atoms with Crippen LogP contribution in [0.25, 0.3) is 0 Å². The van der Waals surface area contributed by atoms with E-state index in [0.717, 1.165) is 6.42 Å². The van der Waals surface area contributed by atoms with Gasteiger partial charge in [-0.15, -0.1) is 11.6 Å². The normalized spacial score (nSPS) is 15.6. The zero-order valence-electron chi connectivity index (χ0n) is 9.91. The van der Waals surface area contributed by atoms with Crippen LogP contribution in [0.15, 0.2) is 0 Å². The summed E-state index contributed by atoms with van der Waals surface area (Å²) in [6.07, 6.45) is 0.853. The van der Waals surface area contributed by atoms with Crippen molar-refractivity contribution in [2.75, 3.05) is 19.1 Å². The molecule has 0 rings (SSSR count). The maximum atomic E-state index is 9.50. The van der Waals surface area contributed by atoms with Crippen molar-refractivity contribution in [2.24, 2.45) is 5.92 Å². The van der Waals surface area contributed by atoms with Crippen molar-refractivity contribution in [1.29, 1.82) is 0 Å². The summed E-state index contributed by atoms with van der Waals surface area (Å²) in [5.41, 5.74) is 0. The third-order valence-electron chi connectivity index (χ3n) is 2.32. The Kier molecular flexibility index (Phi) is 9.51. The summed E-state index contributed by atoms with van der Waals surface area (Å²) < 4.78 is 11.0. The molecule has 0 aromatic rings. The summed E-state index contributed by atoms with van der Waals surface area (Å²) in [7, 11) is 0. The molecule has 0 saturated heterocycles. The van der Waals surface area contributed by atoms with Gasteiger partial charge in [0.15, 0.2) is 6.29 Å². The van der Waals surface area contributed by atoms with E-state index in [2.05, 4.69) is 6.92 Å². The number of hydrogen-bond acceptors (Lipinski definition) is 3. The van der Waals surface area contributed by atoms with Gasteiger partial charge in [0.2, 0.25) is 0 Å². The molecule has 1 unspecified atom stereocenters. The lowest BCUT2D eigenvalue weighted by atomic mass is 9.98. The fourth-order valence-corrected chi connectivity index (χ4v) is 1.66. The van der Waals surface area contributed by atoms with Gasteiger partial charge in [0.1, 0.15) is 0 Å². The summed E-state index contributed by atoms with van der Waals surface area (Å²) in [6, 6.07) is 0. The molecule has 0 fully saturated rings. The molecule has 0 saturated carbocycles. The number of aliphatic hydroxyl groups is 1. The van der Waals surface area contributed by atoms with Crippen LogP contribution in [0.2, 0.25) is 0 Å². The third kappa shape index (κ3) is 6.36. The Morgan fingerprint density at radius 3 is 2.00 bits per heavy atom. The Labute approximate surface area is 97.7 Å². The molecule has 1 N–H and O–H groups in total. The first-order valence-corrected chi connectivity index (χ1v) is 6.20. The number of halogens is 1. The van der Waals surface area contributed by atoms with Crippen LogP contribution >= 0.6 is 11.6 Å². The van der Waals surface area contributed by atoms with Gasteiger partial charge < -0.3 is 14.6 Å². The molecule has 0 spiro atoms. The molecule has 0 aliphatic heterocycles. The quantitative estimate of drug-likeness (QED) is 0.495. The minimum atomic E-state index is -0.472. The predicted molar refractivity (Wildman–Crippen MR) is 62.2 cm³/mol. The third-order valence-corrected chi connectivity index (χ3v) is 2.68. The summed E-state index contributed by atoms with van der Waals surface area (Å²) in [4.78, 5) is 0. The first kappa shape index (κ1) is 15.2. The summed E-state index contributed by atoms with van der Waals surface area (Å²) in [5, 5.41) is 9.50.